The molecule has 0 saturated carbocycles. The van der Waals surface area contributed by atoms with Crippen LogP contribution in [0.1, 0.15) is 21.5 Å². The summed E-state index contributed by atoms with van der Waals surface area (Å²) in [5, 5.41) is 10.9. The summed E-state index contributed by atoms with van der Waals surface area (Å²) < 4.78 is 0. The maximum atomic E-state index is 11.2. The molecule has 0 radical (unpaired) electrons. The highest BCUT2D eigenvalue weighted by atomic mass is 16.4. The lowest BCUT2D eigenvalue weighted by atomic mass is 9.95. The molecule has 0 bridgehead atoms. The quantitative estimate of drug-likeness (QED) is 0.808. The van der Waals surface area contributed by atoms with Crippen molar-refractivity contribution in [3.63, 3.8) is 0 Å². The SMILES string of the molecule is Cc1cc(CN)c2ccccc2c1C(=O)O. The predicted octanol–water partition coefficient (Wildman–Crippen LogP) is 2.31. The molecule has 3 N–H and O–H groups in total. The maximum Gasteiger partial charge on any atom is 0.336 e. The lowest BCUT2D eigenvalue weighted by Crippen LogP contribution is -2.05. The van der Waals surface area contributed by atoms with Gasteiger partial charge >= 0.3 is 5.97 Å². The van der Waals surface area contributed by atoms with Crippen LogP contribution in [0.5, 0.6) is 0 Å². The second kappa shape index (κ2) is 3.94. The molecule has 82 valence electrons. The smallest absolute Gasteiger partial charge is 0.336 e. The molecule has 0 fully saturated rings. The number of carboxylic acids is 1. The number of aryl methyl sites for hydroxylation is 1. The normalized spacial score (nSPS) is 10.6. The standard InChI is InChI=1S/C13H13NO2/c1-8-6-9(7-14)10-4-2-3-5-11(10)12(8)13(15)16/h2-6H,7,14H2,1H3,(H,15,16). The van der Waals surface area contributed by atoms with Crippen LogP contribution in [0, 0.1) is 6.92 Å². The first-order valence-electron chi connectivity index (χ1n) is 5.09. The van der Waals surface area contributed by atoms with E-state index in [-0.39, 0.29) is 0 Å². The Balaban J connectivity index is 2.92. The molecule has 0 aliphatic carbocycles. The van der Waals surface area contributed by atoms with Crippen molar-refractivity contribution in [3.8, 4) is 0 Å². The van der Waals surface area contributed by atoms with Gasteiger partial charge in [-0.05, 0) is 28.8 Å². The fraction of sp³-hybridized carbons (Fsp3) is 0.154. The summed E-state index contributed by atoms with van der Waals surface area (Å²) in [7, 11) is 0. The minimum absolute atomic E-state index is 0.368. The summed E-state index contributed by atoms with van der Waals surface area (Å²) in [6, 6.07) is 9.32. The molecule has 0 aromatic heterocycles. The lowest BCUT2D eigenvalue weighted by molar-refractivity contribution is 0.0698. The summed E-state index contributed by atoms with van der Waals surface area (Å²) in [5.41, 5.74) is 7.77. The van der Waals surface area contributed by atoms with Crippen molar-refractivity contribution in [2.24, 2.45) is 5.73 Å². The number of carbonyl (C=O) groups is 1. The molecular weight excluding hydrogens is 202 g/mol. The average Bonchev–Trinajstić information content (AvgIpc) is 2.27. The number of benzene rings is 2. The lowest BCUT2D eigenvalue weighted by Gasteiger charge is -2.10. The van der Waals surface area contributed by atoms with E-state index < -0.39 is 5.97 Å². The molecular formula is C13H13NO2. The van der Waals surface area contributed by atoms with Gasteiger partial charge in [-0.15, -0.1) is 0 Å². The number of aromatic carboxylic acids is 1. The Morgan fingerprint density at radius 2 is 1.94 bits per heavy atom. The minimum atomic E-state index is -0.891. The van der Waals surface area contributed by atoms with Crippen molar-refractivity contribution in [3.05, 3.63) is 47.0 Å². The molecule has 0 heterocycles. The van der Waals surface area contributed by atoms with E-state index in [9.17, 15) is 9.90 Å². The van der Waals surface area contributed by atoms with E-state index in [0.717, 1.165) is 21.9 Å². The van der Waals surface area contributed by atoms with E-state index in [2.05, 4.69) is 0 Å². The van der Waals surface area contributed by atoms with Gasteiger partial charge in [-0.2, -0.15) is 0 Å². The van der Waals surface area contributed by atoms with Crippen LogP contribution in [0.4, 0.5) is 0 Å². The molecule has 0 aliphatic heterocycles. The monoisotopic (exact) mass is 215 g/mol. The van der Waals surface area contributed by atoms with Crippen LogP contribution in [0.25, 0.3) is 10.8 Å². The molecule has 2 aromatic rings. The average molecular weight is 215 g/mol. The molecule has 0 amide bonds. The zero-order chi connectivity index (χ0) is 11.7. The molecule has 0 atom stereocenters. The first-order valence-corrected chi connectivity index (χ1v) is 5.09. The second-order valence-corrected chi connectivity index (χ2v) is 3.78. The third-order valence-electron chi connectivity index (χ3n) is 2.76. The largest absolute Gasteiger partial charge is 0.478 e. The number of rotatable bonds is 2. The molecule has 0 spiro atoms. The Morgan fingerprint density at radius 1 is 1.31 bits per heavy atom. The van der Waals surface area contributed by atoms with Crippen LogP contribution >= 0.6 is 0 Å². The Morgan fingerprint density at radius 3 is 2.50 bits per heavy atom. The van der Waals surface area contributed by atoms with Crippen LogP contribution in [0.3, 0.4) is 0 Å². The second-order valence-electron chi connectivity index (χ2n) is 3.78. The van der Waals surface area contributed by atoms with Gasteiger partial charge in [0.1, 0.15) is 0 Å². The van der Waals surface area contributed by atoms with E-state index in [4.69, 9.17) is 5.73 Å². The van der Waals surface area contributed by atoms with E-state index in [0.29, 0.717) is 12.1 Å². The van der Waals surface area contributed by atoms with Gasteiger partial charge < -0.3 is 10.8 Å². The van der Waals surface area contributed by atoms with Gasteiger partial charge in [-0.25, -0.2) is 4.79 Å². The molecule has 16 heavy (non-hydrogen) atoms. The number of fused-ring (bicyclic) bond motifs is 1. The van der Waals surface area contributed by atoms with Crippen LogP contribution in [-0.2, 0) is 6.54 Å². The summed E-state index contributed by atoms with van der Waals surface area (Å²) >= 11 is 0. The third kappa shape index (κ3) is 1.55. The summed E-state index contributed by atoms with van der Waals surface area (Å²) in [5.74, 6) is -0.891. The number of hydrogen-bond acceptors (Lipinski definition) is 2. The van der Waals surface area contributed by atoms with Gasteiger partial charge in [-0.1, -0.05) is 30.3 Å². The fourth-order valence-electron chi connectivity index (χ4n) is 2.06. The number of hydrogen-bond donors (Lipinski definition) is 2. The third-order valence-corrected chi connectivity index (χ3v) is 2.76. The Hall–Kier alpha value is -1.87. The van der Waals surface area contributed by atoms with Crippen molar-refractivity contribution in [2.45, 2.75) is 13.5 Å². The molecule has 0 aliphatic rings. The van der Waals surface area contributed by atoms with Gasteiger partial charge in [0.05, 0.1) is 5.56 Å². The van der Waals surface area contributed by atoms with Crippen LogP contribution in [0.2, 0.25) is 0 Å². The molecule has 0 saturated heterocycles. The van der Waals surface area contributed by atoms with Gasteiger partial charge in [0.2, 0.25) is 0 Å². The molecule has 2 rings (SSSR count). The van der Waals surface area contributed by atoms with Gasteiger partial charge in [0.25, 0.3) is 0 Å². The van der Waals surface area contributed by atoms with Crippen molar-refractivity contribution in [2.75, 3.05) is 0 Å². The van der Waals surface area contributed by atoms with E-state index in [1.807, 2.05) is 30.3 Å². The minimum Gasteiger partial charge on any atom is -0.478 e. The van der Waals surface area contributed by atoms with E-state index in [1.54, 1.807) is 6.92 Å². The van der Waals surface area contributed by atoms with Crippen molar-refractivity contribution < 1.29 is 9.90 Å². The number of carboxylic acid groups (broad SMARTS) is 1. The van der Waals surface area contributed by atoms with Crippen molar-refractivity contribution >= 4 is 16.7 Å². The molecule has 0 unspecified atom stereocenters. The molecule has 3 nitrogen and oxygen atoms in total. The van der Waals surface area contributed by atoms with Gasteiger partial charge in [0, 0.05) is 6.54 Å². The highest BCUT2D eigenvalue weighted by molar-refractivity contribution is 6.06. The zero-order valence-corrected chi connectivity index (χ0v) is 9.03. The van der Waals surface area contributed by atoms with Crippen molar-refractivity contribution in [1.29, 1.82) is 0 Å². The summed E-state index contributed by atoms with van der Waals surface area (Å²) in [6.45, 7) is 2.22. The highest BCUT2D eigenvalue weighted by Gasteiger charge is 2.13. The highest BCUT2D eigenvalue weighted by Crippen LogP contribution is 2.25. The van der Waals surface area contributed by atoms with Crippen LogP contribution in [0.15, 0.2) is 30.3 Å². The maximum absolute atomic E-state index is 11.2. The van der Waals surface area contributed by atoms with Gasteiger partial charge in [-0.3, -0.25) is 0 Å². The van der Waals surface area contributed by atoms with E-state index >= 15 is 0 Å². The summed E-state index contributed by atoms with van der Waals surface area (Å²) in [4.78, 5) is 11.2. The zero-order valence-electron chi connectivity index (χ0n) is 9.03. The number of nitrogens with two attached hydrogens (primary N) is 1. The Labute approximate surface area is 93.5 Å². The van der Waals surface area contributed by atoms with E-state index in [1.165, 1.54) is 0 Å². The first-order chi connectivity index (χ1) is 7.65. The Kier molecular flexibility index (Phi) is 2.62. The topological polar surface area (TPSA) is 63.3 Å². The Bertz CT molecular complexity index is 561. The van der Waals surface area contributed by atoms with Gasteiger partial charge in [0.15, 0.2) is 0 Å². The van der Waals surface area contributed by atoms with Crippen LogP contribution < -0.4 is 5.73 Å². The van der Waals surface area contributed by atoms with Crippen molar-refractivity contribution in [1.82, 2.24) is 0 Å². The molecule has 2 aromatic carbocycles. The fourth-order valence-corrected chi connectivity index (χ4v) is 2.06. The predicted molar refractivity (Wildman–Crippen MR) is 63.5 cm³/mol. The summed E-state index contributed by atoms with van der Waals surface area (Å²) in [6.07, 6.45) is 0. The molecule has 3 heteroatoms. The first kappa shape index (κ1) is 10.6. The van der Waals surface area contributed by atoms with Crippen LogP contribution in [-0.4, -0.2) is 11.1 Å².